The summed E-state index contributed by atoms with van der Waals surface area (Å²) in [6, 6.07) is 8.88. The monoisotopic (exact) mass is 325 g/mol. The molecular formula is C17H19N5O2. The first kappa shape index (κ1) is 15.8. The molecule has 0 bridgehead atoms. The lowest BCUT2D eigenvalue weighted by Gasteiger charge is -2.16. The number of hydrogen-bond donors (Lipinski definition) is 3. The molecule has 0 spiro atoms. The fraction of sp³-hybridized carbons (Fsp3) is 0.235. The second-order valence-electron chi connectivity index (χ2n) is 5.68. The summed E-state index contributed by atoms with van der Waals surface area (Å²) >= 11 is 0. The van der Waals surface area contributed by atoms with Gasteiger partial charge in [0.1, 0.15) is 6.04 Å². The van der Waals surface area contributed by atoms with E-state index in [4.69, 9.17) is 0 Å². The Bertz CT molecular complexity index is 880. The van der Waals surface area contributed by atoms with Crippen LogP contribution in [0.2, 0.25) is 0 Å². The van der Waals surface area contributed by atoms with Crippen LogP contribution in [-0.2, 0) is 23.1 Å². The molecule has 124 valence electrons. The van der Waals surface area contributed by atoms with Gasteiger partial charge in [-0.1, -0.05) is 18.2 Å². The SMILES string of the molecule is CC(=O)NC(Cc1c[nH]c2ccccc12)C(=O)Nc1ccn(C)n1. The van der Waals surface area contributed by atoms with E-state index in [9.17, 15) is 9.59 Å². The number of hydrogen-bond acceptors (Lipinski definition) is 3. The maximum absolute atomic E-state index is 12.5. The van der Waals surface area contributed by atoms with E-state index < -0.39 is 6.04 Å². The maximum atomic E-state index is 12.5. The third-order valence-corrected chi connectivity index (χ3v) is 3.76. The lowest BCUT2D eigenvalue weighted by atomic mass is 10.0. The zero-order chi connectivity index (χ0) is 17.1. The third-order valence-electron chi connectivity index (χ3n) is 3.76. The summed E-state index contributed by atoms with van der Waals surface area (Å²) < 4.78 is 1.60. The Kier molecular flexibility index (Phi) is 4.33. The number of carbonyl (C=O) groups is 2. The number of nitrogens with zero attached hydrogens (tertiary/aromatic N) is 2. The van der Waals surface area contributed by atoms with E-state index in [-0.39, 0.29) is 11.8 Å². The minimum Gasteiger partial charge on any atom is -0.361 e. The Balaban J connectivity index is 1.80. The number of rotatable bonds is 5. The number of aromatic amines is 1. The van der Waals surface area contributed by atoms with Crippen LogP contribution in [0.25, 0.3) is 10.9 Å². The second kappa shape index (κ2) is 6.57. The van der Waals surface area contributed by atoms with Gasteiger partial charge < -0.3 is 15.6 Å². The van der Waals surface area contributed by atoms with E-state index in [1.165, 1.54) is 6.92 Å². The summed E-state index contributed by atoms with van der Waals surface area (Å²) in [7, 11) is 1.77. The first-order chi connectivity index (χ1) is 11.5. The average Bonchev–Trinajstić information content (AvgIpc) is 3.13. The van der Waals surface area contributed by atoms with Gasteiger partial charge in [-0.2, -0.15) is 5.10 Å². The molecule has 2 amide bonds. The first-order valence-corrected chi connectivity index (χ1v) is 7.65. The molecule has 0 radical (unpaired) electrons. The Hall–Kier alpha value is -3.09. The molecule has 3 N–H and O–H groups in total. The third kappa shape index (κ3) is 3.45. The molecule has 1 aromatic carbocycles. The Morgan fingerprint density at radius 3 is 2.79 bits per heavy atom. The van der Waals surface area contributed by atoms with Crippen molar-refractivity contribution in [1.82, 2.24) is 20.1 Å². The van der Waals surface area contributed by atoms with Crippen LogP contribution in [0.4, 0.5) is 5.82 Å². The Morgan fingerprint density at radius 1 is 1.29 bits per heavy atom. The van der Waals surface area contributed by atoms with Crippen molar-refractivity contribution < 1.29 is 9.59 Å². The number of benzene rings is 1. The molecule has 3 aromatic rings. The van der Waals surface area contributed by atoms with Crippen LogP contribution in [0.3, 0.4) is 0 Å². The van der Waals surface area contributed by atoms with Crippen molar-refractivity contribution in [1.29, 1.82) is 0 Å². The van der Waals surface area contributed by atoms with Crippen molar-refractivity contribution in [3.63, 3.8) is 0 Å². The number of anilines is 1. The van der Waals surface area contributed by atoms with Gasteiger partial charge in [-0.05, 0) is 11.6 Å². The normalized spacial score (nSPS) is 12.1. The van der Waals surface area contributed by atoms with Crippen molar-refractivity contribution in [3.8, 4) is 0 Å². The van der Waals surface area contributed by atoms with Crippen LogP contribution in [-0.4, -0.2) is 32.6 Å². The topological polar surface area (TPSA) is 91.8 Å². The molecule has 7 nitrogen and oxygen atoms in total. The van der Waals surface area contributed by atoms with Crippen LogP contribution < -0.4 is 10.6 Å². The number of aryl methyl sites for hydroxylation is 1. The number of nitrogens with one attached hydrogen (secondary N) is 3. The van der Waals surface area contributed by atoms with Gasteiger partial charge >= 0.3 is 0 Å². The number of carbonyl (C=O) groups excluding carboxylic acids is 2. The second-order valence-corrected chi connectivity index (χ2v) is 5.68. The van der Waals surface area contributed by atoms with Crippen LogP contribution in [0, 0.1) is 0 Å². The van der Waals surface area contributed by atoms with Crippen molar-refractivity contribution in [2.75, 3.05) is 5.32 Å². The predicted octanol–water partition coefficient (Wildman–Crippen LogP) is 1.59. The number of H-pyrrole nitrogens is 1. The minimum absolute atomic E-state index is 0.254. The van der Waals surface area contributed by atoms with Gasteiger partial charge in [0.05, 0.1) is 0 Å². The highest BCUT2D eigenvalue weighted by Crippen LogP contribution is 2.19. The highest BCUT2D eigenvalue weighted by molar-refractivity contribution is 5.97. The van der Waals surface area contributed by atoms with Gasteiger partial charge in [0, 0.05) is 49.8 Å². The highest BCUT2D eigenvalue weighted by Gasteiger charge is 2.22. The average molecular weight is 325 g/mol. The largest absolute Gasteiger partial charge is 0.361 e. The van der Waals surface area contributed by atoms with E-state index in [0.29, 0.717) is 12.2 Å². The molecule has 0 fully saturated rings. The van der Waals surface area contributed by atoms with Crippen LogP contribution in [0.15, 0.2) is 42.7 Å². The lowest BCUT2D eigenvalue weighted by molar-refractivity contribution is -0.125. The summed E-state index contributed by atoms with van der Waals surface area (Å²) in [6.45, 7) is 1.40. The first-order valence-electron chi connectivity index (χ1n) is 7.65. The molecule has 2 aromatic heterocycles. The summed E-state index contributed by atoms with van der Waals surface area (Å²) in [5.41, 5.74) is 1.97. The molecule has 3 rings (SSSR count). The Morgan fingerprint density at radius 2 is 2.08 bits per heavy atom. The van der Waals surface area contributed by atoms with Gasteiger partial charge in [-0.3, -0.25) is 14.3 Å². The quantitative estimate of drug-likeness (QED) is 0.665. The number of aromatic nitrogens is 3. The van der Waals surface area contributed by atoms with Gasteiger partial charge in [-0.15, -0.1) is 0 Å². The highest BCUT2D eigenvalue weighted by atomic mass is 16.2. The van der Waals surface area contributed by atoms with E-state index in [0.717, 1.165) is 16.5 Å². The van der Waals surface area contributed by atoms with Gasteiger partial charge in [-0.25, -0.2) is 0 Å². The molecule has 24 heavy (non-hydrogen) atoms. The molecule has 0 saturated carbocycles. The van der Waals surface area contributed by atoms with Gasteiger partial charge in [0.2, 0.25) is 11.8 Å². The standard InChI is InChI=1S/C17H19N5O2/c1-11(23)19-15(17(24)20-16-7-8-22(2)21-16)9-12-10-18-14-6-4-3-5-13(12)14/h3-8,10,15,18H,9H2,1-2H3,(H,19,23)(H,20,21,24). The summed E-state index contributed by atoms with van der Waals surface area (Å²) in [5, 5.41) is 10.6. The van der Waals surface area contributed by atoms with Crippen molar-refractivity contribution in [2.45, 2.75) is 19.4 Å². The van der Waals surface area contributed by atoms with E-state index >= 15 is 0 Å². The Labute approximate surface area is 139 Å². The molecular weight excluding hydrogens is 306 g/mol. The molecule has 0 aliphatic heterocycles. The fourth-order valence-electron chi connectivity index (χ4n) is 2.67. The van der Waals surface area contributed by atoms with E-state index in [1.807, 2.05) is 30.5 Å². The molecule has 0 aliphatic rings. The lowest BCUT2D eigenvalue weighted by Crippen LogP contribution is -2.44. The van der Waals surface area contributed by atoms with Gasteiger partial charge in [0.15, 0.2) is 5.82 Å². The number of fused-ring (bicyclic) bond motifs is 1. The zero-order valence-corrected chi connectivity index (χ0v) is 13.5. The molecule has 1 unspecified atom stereocenters. The smallest absolute Gasteiger partial charge is 0.248 e. The number of amides is 2. The number of para-hydroxylation sites is 1. The van der Waals surface area contributed by atoms with Crippen LogP contribution >= 0.6 is 0 Å². The fourth-order valence-corrected chi connectivity index (χ4v) is 2.67. The van der Waals surface area contributed by atoms with Crippen molar-refractivity contribution >= 4 is 28.5 Å². The molecule has 1 atom stereocenters. The molecule has 7 heteroatoms. The van der Waals surface area contributed by atoms with Crippen molar-refractivity contribution in [2.24, 2.45) is 7.05 Å². The zero-order valence-electron chi connectivity index (χ0n) is 13.5. The molecule has 2 heterocycles. The minimum atomic E-state index is -0.677. The molecule has 0 aliphatic carbocycles. The van der Waals surface area contributed by atoms with Crippen LogP contribution in [0.1, 0.15) is 12.5 Å². The van der Waals surface area contributed by atoms with E-state index in [2.05, 4.69) is 20.7 Å². The molecule has 0 saturated heterocycles. The maximum Gasteiger partial charge on any atom is 0.248 e. The van der Waals surface area contributed by atoms with Gasteiger partial charge in [0.25, 0.3) is 0 Å². The van der Waals surface area contributed by atoms with Crippen molar-refractivity contribution in [3.05, 3.63) is 48.3 Å². The van der Waals surface area contributed by atoms with E-state index in [1.54, 1.807) is 24.0 Å². The predicted molar refractivity (Wildman–Crippen MR) is 91.4 cm³/mol. The summed E-state index contributed by atoms with van der Waals surface area (Å²) in [5.74, 6) is -0.0954. The van der Waals surface area contributed by atoms with Crippen LogP contribution in [0.5, 0.6) is 0 Å². The summed E-state index contributed by atoms with van der Waals surface area (Å²) in [4.78, 5) is 27.2. The summed E-state index contributed by atoms with van der Waals surface area (Å²) in [6.07, 6.45) is 4.00.